The Morgan fingerprint density at radius 2 is 0.914 bits per heavy atom. The molecule has 0 bridgehead atoms. The molecule has 21 nitrogen and oxygen atoms in total. The van der Waals surface area contributed by atoms with E-state index < -0.39 is 12.1 Å². The topological polar surface area (TPSA) is 295 Å². The maximum atomic E-state index is 13.9. The van der Waals surface area contributed by atoms with Crippen molar-refractivity contribution in [1.29, 1.82) is 0 Å². The van der Waals surface area contributed by atoms with E-state index in [4.69, 9.17) is 15.2 Å². The lowest BCUT2D eigenvalue weighted by Crippen LogP contribution is -2.48. The average Bonchev–Trinajstić information content (AvgIpc) is 1.64. The molecule has 1 unspecified atom stereocenters. The van der Waals surface area contributed by atoms with Crippen LogP contribution in [0.2, 0.25) is 0 Å². The number of esters is 2. The molecule has 0 saturated carbocycles. The van der Waals surface area contributed by atoms with E-state index in [1.807, 2.05) is 0 Å². The second kappa shape index (κ2) is 65.4. The summed E-state index contributed by atoms with van der Waals surface area (Å²) in [5, 5.41) is 32.4. The monoisotopic (exact) mass is 1490 g/mol. The molecule has 0 fully saturated rings. The molecule has 3 rings (SSSR count). The first kappa shape index (κ1) is 93.5. The zero-order valence-electron chi connectivity index (χ0n) is 66.4. The number of thioether (sulfide) groups is 1. The first-order valence-corrected chi connectivity index (χ1v) is 43.6. The molecule has 0 aliphatic rings. The van der Waals surface area contributed by atoms with Gasteiger partial charge in [-0.25, -0.2) is 0 Å². The molecule has 0 radical (unpaired) electrons. The number of aromatic hydroxyl groups is 1. The van der Waals surface area contributed by atoms with Crippen LogP contribution in [0.3, 0.4) is 0 Å². The zero-order valence-corrected chi connectivity index (χ0v) is 67.2. The van der Waals surface area contributed by atoms with Gasteiger partial charge in [-0.15, -0.1) is 0 Å². The lowest BCUT2D eigenvalue weighted by molar-refractivity contribution is -0.157. The third kappa shape index (κ3) is 49.8. The van der Waals surface area contributed by atoms with E-state index in [0.717, 1.165) is 122 Å². The number of fused-ring (bicyclic) bond motifs is 1. The van der Waals surface area contributed by atoms with Crippen LogP contribution in [0.1, 0.15) is 352 Å². The Hall–Kier alpha value is -5.74. The van der Waals surface area contributed by atoms with Gasteiger partial charge in [-0.3, -0.25) is 33.3 Å². The number of nitrogens with one attached hydrogen (secondary N) is 7. The predicted octanol–water partition coefficient (Wildman–Crippen LogP) is 17.2. The van der Waals surface area contributed by atoms with Gasteiger partial charge in [0.2, 0.25) is 23.7 Å². The number of carbonyl (C=O) groups is 6. The summed E-state index contributed by atoms with van der Waals surface area (Å²) in [6.07, 6.45) is 53.3. The van der Waals surface area contributed by atoms with Crippen molar-refractivity contribution in [2.45, 2.75) is 355 Å². The second-order valence-electron chi connectivity index (χ2n) is 29.2. The molecule has 22 heteroatoms. The Kier molecular flexibility index (Phi) is 58.2. The highest BCUT2D eigenvalue weighted by Crippen LogP contribution is 2.26. The molecule has 2 atom stereocenters. The van der Waals surface area contributed by atoms with Crippen molar-refractivity contribution in [3.63, 3.8) is 0 Å². The van der Waals surface area contributed by atoms with Crippen molar-refractivity contribution in [2.24, 2.45) is 0 Å². The number of amides is 4. The number of nitrogens with zero attached hydrogens (tertiary/aromatic N) is 4. The minimum absolute atomic E-state index is 0.0384. The number of anilines is 2. The Morgan fingerprint density at radius 1 is 0.467 bits per heavy atom. The molecule has 1 aromatic carbocycles. The fraction of sp³-hybridized carbons (Fsp3) is 0.795. The number of nitrogens with two attached hydrogens (primary N) is 1. The highest BCUT2D eigenvalue weighted by atomic mass is 32.2. The largest absolute Gasteiger partial charge is 0.480 e. The van der Waals surface area contributed by atoms with Crippen molar-refractivity contribution in [3.05, 3.63) is 35.4 Å². The number of benzene rings is 1. The predicted molar refractivity (Wildman–Crippen MR) is 434 cm³/mol. The zero-order chi connectivity index (χ0) is 75.7. The van der Waals surface area contributed by atoms with E-state index >= 15 is 0 Å². The van der Waals surface area contributed by atoms with Gasteiger partial charge in [0, 0.05) is 56.0 Å². The quantitative estimate of drug-likeness (QED) is 0.0187. The fourth-order valence-electron chi connectivity index (χ4n) is 12.9. The van der Waals surface area contributed by atoms with E-state index in [1.54, 1.807) is 24.3 Å². The molecule has 0 aliphatic heterocycles. The van der Waals surface area contributed by atoms with Crippen LogP contribution in [0.5, 0.6) is 6.01 Å². The number of ether oxygens (including phenoxy) is 2. The number of aromatic nitrogens is 4. The number of carbonyl (C=O) groups excluding carboxylic acids is 6. The number of rotatable bonds is 73. The summed E-state index contributed by atoms with van der Waals surface area (Å²) in [7, 11) is 0. The third-order valence-corrected chi connectivity index (χ3v) is 20.6. The number of hydrogen-bond donors (Lipinski definition) is 9. The van der Waals surface area contributed by atoms with Crippen molar-refractivity contribution in [2.75, 3.05) is 81.5 Å². The van der Waals surface area contributed by atoms with Crippen LogP contribution in [0.15, 0.2) is 24.3 Å². The highest BCUT2D eigenvalue weighted by Gasteiger charge is 2.24. The summed E-state index contributed by atoms with van der Waals surface area (Å²) in [4.78, 5) is 92.2. The van der Waals surface area contributed by atoms with E-state index in [1.165, 1.54) is 209 Å². The molecule has 3 aromatic rings. The Balaban J connectivity index is 1.40. The molecule has 10 N–H and O–H groups in total. The lowest BCUT2D eigenvalue weighted by atomic mass is 10.0. The Bertz CT molecular complexity index is 2690. The molecular weight excluding hydrogens is 1340 g/mol. The maximum Gasteiger partial charge on any atom is 0.306 e. The van der Waals surface area contributed by atoms with Gasteiger partial charge < -0.3 is 57.5 Å². The first-order chi connectivity index (χ1) is 51.4. The summed E-state index contributed by atoms with van der Waals surface area (Å²) in [5.74, 6) is -0.488. The molecule has 105 heavy (non-hydrogen) atoms. The lowest BCUT2D eigenvalue weighted by Gasteiger charge is -2.21. The number of hydrogen-bond acceptors (Lipinski definition) is 17. The van der Waals surface area contributed by atoms with Crippen LogP contribution < -0.4 is 43.0 Å². The van der Waals surface area contributed by atoms with Gasteiger partial charge in [-0.05, 0) is 95.2 Å². The molecular formula is C83H148N12O9S. The van der Waals surface area contributed by atoms with Gasteiger partial charge in [-0.2, -0.15) is 26.7 Å². The highest BCUT2D eigenvalue weighted by molar-refractivity contribution is 7.99. The number of unbranched alkanes of at least 4 members (excludes halogenated alkanes) is 38. The van der Waals surface area contributed by atoms with Gasteiger partial charge in [0.25, 0.3) is 11.9 Å². The van der Waals surface area contributed by atoms with Crippen molar-refractivity contribution < 1.29 is 43.3 Å². The number of nitrogen functional groups attached to an aromatic ring is 1. The van der Waals surface area contributed by atoms with Crippen molar-refractivity contribution >= 4 is 70.3 Å². The fourth-order valence-corrected chi connectivity index (χ4v) is 13.9. The van der Waals surface area contributed by atoms with Gasteiger partial charge in [-0.1, -0.05) is 277 Å². The summed E-state index contributed by atoms with van der Waals surface area (Å²) in [6, 6.07) is 5.84. The van der Waals surface area contributed by atoms with Gasteiger partial charge in [0.1, 0.15) is 18.8 Å². The molecule has 600 valence electrons. The standard InChI is InChI=1S/C83H148N12O9S/c1-5-9-13-16-19-22-25-28-31-34-37-40-43-50-73(96)91-72(68-105-67-71(104-76(99)52-45-42-39-36-33-30-27-24-21-18-15-11-7-3)66-103-75(98)51-44-41-38-35-32-29-26-23-20-17-14-10-6-2)81(101)88-63-49-60-86-58-47-46-57-85-59-48-62-87-74(97)64-90-80(100)70-55-53-69(54-56-70)65-95-79-77(92-83(95)102)78(84)93-82(94-79)89-61-12-8-4/h53-56,71-72,85-86H,5-52,57-68H2,1-4H3,(H,87,97)(H,88,101)(H,90,100)(H,91,96)(H,92,102)(H3,84,89,93,94)/t71?,72-/m0/s1. The minimum Gasteiger partial charge on any atom is -0.480 e. The van der Waals surface area contributed by atoms with Crippen LogP contribution in [0.25, 0.3) is 11.2 Å². The molecule has 4 amide bonds. The van der Waals surface area contributed by atoms with Crippen LogP contribution in [0, 0.1) is 0 Å². The second-order valence-corrected chi connectivity index (χ2v) is 30.3. The first-order valence-electron chi connectivity index (χ1n) is 42.4. The molecule has 0 saturated heterocycles. The molecule has 0 aliphatic carbocycles. The van der Waals surface area contributed by atoms with Gasteiger partial charge in [0.15, 0.2) is 17.0 Å². The number of imidazole rings is 1. The van der Waals surface area contributed by atoms with Crippen LogP contribution in [-0.4, -0.2) is 143 Å². The summed E-state index contributed by atoms with van der Waals surface area (Å²) >= 11 is 1.43. The third-order valence-electron chi connectivity index (χ3n) is 19.5. The normalized spacial score (nSPS) is 12.0. The van der Waals surface area contributed by atoms with Crippen LogP contribution >= 0.6 is 11.8 Å². The van der Waals surface area contributed by atoms with E-state index in [0.29, 0.717) is 73.7 Å². The van der Waals surface area contributed by atoms with Crippen LogP contribution in [-0.2, 0) is 40.0 Å². The Morgan fingerprint density at radius 3 is 1.41 bits per heavy atom. The minimum atomic E-state index is -0.780. The Labute approximate surface area is 639 Å². The summed E-state index contributed by atoms with van der Waals surface area (Å²) in [5.41, 5.74) is 8.01. The SMILES string of the molecule is CCCCCCCCCCCCCCCC(=O)N[C@@H](CSCC(COC(=O)CCCCCCCCCCCCCCC)OC(=O)CCCCCCCCCCCCCCC)C(=O)NCCCNCCCCNCCCNC(=O)CNC(=O)c1ccc(Cn2c(O)nc3c(N)nc(NCCCC)nc32)cc1. The smallest absolute Gasteiger partial charge is 0.306 e. The molecule has 0 spiro atoms. The van der Waals surface area contributed by atoms with Gasteiger partial charge in [0.05, 0.1) is 13.1 Å². The maximum absolute atomic E-state index is 13.9. The summed E-state index contributed by atoms with van der Waals surface area (Å²) in [6.45, 7) is 13.6. The van der Waals surface area contributed by atoms with Crippen molar-refractivity contribution in [3.8, 4) is 6.01 Å². The van der Waals surface area contributed by atoms with E-state index in [-0.39, 0.29) is 72.8 Å². The summed E-state index contributed by atoms with van der Waals surface area (Å²) < 4.78 is 13.3. The average molecular weight is 1490 g/mol. The van der Waals surface area contributed by atoms with Crippen LogP contribution in [0.4, 0.5) is 11.8 Å². The van der Waals surface area contributed by atoms with Gasteiger partial charge >= 0.3 is 11.9 Å². The van der Waals surface area contributed by atoms with Crippen molar-refractivity contribution in [1.82, 2.24) is 51.4 Å². The van der Waals surface area contributed by atoms with E-state index in [9.17, 15) is 33.9 Å². The molecule has 2 heterocycles. The van der Waals surface area contributed by atoms with E-state index in [2.05, 4.69) is 79.9 Å². The molecule has 2 aromatic heterocycles.